The predicted molar refractivity (Wildman–Crippen MR) is 145 cm³/mol. The number of ether oxygens (including phenoxy) is 1. The number of amides is 1. The largest absolute Gasteiger partial charge is 0.366 e. The summed E-state index contributed by atoms with van der Waals surface area (Å²) in [5.41, 5.74) is 6.11. The lowest BCUT2D eigenvalue weighted by molar-refractivity contribution is -0.113. The van der Waals surface area contributed by atoms with Crippen molar-refractivity contribution in [1.82, 2.24) is 14.6 Å². The summed E-state index contributed by atoms with van der Waals surface area (Å²) in [5, 5.41) is 9.68. The van der Waals surface area contributed by atoms with Crippen LogP contribution in [0.2, 0.25) is 5.02 Å². The molecule has 1 aliphatic heterocycles. The van der Waals surface area contributed by atoms with Gasteiger partial charge in [-0.05, 0) is 17.7 Å². The Kier molecular flexibility index (Phi) is 9.44. The first-order valence-electron chi connectivity index (χ1n) is 11.7. The molecule has 37 heavy (non-hydrogen) atoms. The number of halogens is 1. The van der Waals surface area contributed by atoms with Crippen molar-refractivity contribution in [2.24, 2.45) is 15.2 Å². The number of nitrogens with one attached hydrogen (secondary N) is 1. The SMILES string of the molecule is CCN(CC)S(=O)(=O)/N=C(\NC)N1CC(OC/C=C/C(N)=O)(c2ccccc2)C(c2ccc(Cl)cc2)=N1. The van der Waals surface area contributed by atoms with Gasteiger partial charge in [-0.2, -0.15) is 17.8 Å². The molecule has 0 aromatic heterocycles. The summed E-state index contributed by atoms with van der Waals surface area (Å²) in [5.74, 6) is -0.560. The van der Waals surface area contributed by atoms with E-state index in [0.717, 1.165) is 11.1 Å². The first kappa shape index (κ1) is 28.3. The van der Waals surface area contributed by atoms with Crippen LogP contribution in [0, 0.1) is 0 Å². The summed E-state index contributed by atoms with van der Waals surface area (Å²) in [4.78, 5) is 11.2. The molecule has 1 atom stereocenters. The van der Waals surface area contributed by atoms with E-state index in [2.05, 4.69) is 9.71 Å². The highest BCUT2D eigenvalue weighted by atomic mass is 35.5. The van der Waals surface area contributed by atoms with Gasteiger partial charge < -0.3 is 15.8 Å². The fourth-order valence-electron chi connectivity index (χ4n) is 3.97. The van der Waals surface area contributed by atoms with Crippen molar-refractivity contribution in [3.05, 3.63) is 82.9 Å². The number of nitrogens with zero attached hydrogens (tertiary/aromatic N) is 4. The lowest BCUT2D eigenvalue weighted by Crippen LogP contribution is -2.45. The van der Waals surface area contributed by atoms with E-state index in [9.17, 15) is 13.2 Å². The molecular formula is C25H31ClN6O4S. The second-order valence-corrected chi connectivity index (χ2v) is 10.1. The number of carbonyl (C=O) groups excluding carboxylic acids is 1. The van der Waals surface area contributed by atoms with E-state index in [0.29, 0.717) is 10.7 Å². The molecule has 3 rings (SSSR count). The molecule has 0 aliphatic carbocycles. The van der Waals surface area contributed by atoms with Gasteiger partial charge in [-0.1, -0.05) is 74.0 Å². The van der Waals surface area contributed by atoms with Crippen molar-refractivity contribution in [1.29, 1.82) is 0 Å². The van der Waals surface area contributed by atoms with Gasteiger partial charge in [0, 0.05) is 36.8 Å². The van der Waals surface area contributed by atoms with E-state index in [4.69, 9.17) is 27.2 Å². The van der Waals surface area contributed by atoms with Gasteiger partial charge in [0.1, 0.15) is 5.71 Å². The predicted octanol–water partition coefficient (Wildman–Crippen LogP) is 2.48. The standard InChI is InChI=1S/C25H31ClN6O4S/c1-4-31(5-2)37(34,35)30-24(28-3)32-18-25(20-10-7-6-8-11-20,36-17-9-12-22(27)33)23(29-32)19-13-15-21(26)16-14-19/h6-16H,4-5,17-18H2,1-3H3,(H2,27,33)(H,28,30)/b12-9+. The molecular weight excluding hydrogens is 516 g/mol. The first-order valence-corrected chi connectivity index (χ1v) is 13.5. The Morgan fingerprint density at radius 3 is 2.43 bits per heavy atom. The number of primary amides is 1. The average Bonchev–Trinajstić information content (AvgIpc) is 3.27. The summed E-state index contributed by atoms with van der Waals surface area (Å²) in [6.07, 6.45) is 2.74. The Balaban J connectivity index is 2.17. The third-order valence-electron chi connectivity index (χ3n) is 5.74. The molecule has 2 aromatic rings. The van der Waals surface area contributed by atoms with Gasteiger partial charge in [0.2, 0.25) is 11.9 Å². The Bertz CT molecular complexity index is 1280. The highest BCUT2D eigenvalue weighted by Gasteiger charge is 2.47. The highest BCUT2D eigenvalue weighted by Crippen LogP contribution is 2.37. The fourth-order valence-corrected chi connectivity index (χ4v) is 5.27. The number of rotatable bonds is 10. The number of nitrogens with two attached hydrogens (primary N) is 1. The molecule has 1 heterocycles. The minimum absolute atomic E-state index is 0.0347. The molecule has 1 amide bonds. The fraction of sp³-hybridized carbons (Fsp3) is 0.320. The van der Waals surface area contributed by atoms with Crippen LogP contribution in [0.5, 0.6) is 0 Å². The van der Waals surface area contributed by atoms with Crippen LogP contribution in [0.1, 0.15) is 25.0 Å². The molecule has 198 valence electrons. The van der Waals surface area contributed by atoms with E-state index in [1.807, 2.05) is 42.5 Å². The molecule has 0 fully saturated rings. The van der Waals surface area contributed by atoms with Gasteiger partial charge in [0.25, 0.3) is 0 Å². The molecule has 0 saturated carbocycles. The molecule has 3 N–H and O–H groups in total. The maximum Gasteiger partial charge on any atom is 0.325 e. The second kappa shape index (κ2) is 12.3. The number of hydrogen-bond donors (Lipinski definition) is 2. The monoisotopic (exact) mass is 546 g/mol. The van der Waals surface area contributed by atoms with Crippen LogP contribution in [0.25, 0.3) is 0 Å². The second-order valence-electron chi connectivity index (χ2n) is 8.05. The van der Waals surface area contributed by atoms with Crippen LogP contribution in [0.3, 0.4) is 0 Å². The molecule has 1 unspecified atom stereocenters. The maximum absolute atomic E-state index is 12.9. The topological polar surface area (TPSA) is 130 Å². The third-order valence-corrected chi connectivity index (χ3v) is 7.57. The zero-order valence-corrected chi connectivity index (χ0v) is 22.5. The minimum Gasteiger partial charge on any atom is -0.366 e. The van der Waals surface area contributed by atoms with Crippen LogP contribution >= 0.6 is 11.6 Å². The number of hydrazone groups is 1. The van der Waals surface area contributed by atoms with E-state index in [1.54, 1.807) is 33.0 Å². The Hall–Kier alpha value is -3.25. The lowest BCUT2D eigenvalue weighted by atomic mass is 9.85. The zero-order chi connectivity index (χ0) is 27.1. The molecule has 0 saturated heterocycles. The van der Waals surface area contributed by atoms with Crippen molar-refractivity contribution in [2.75, 3.05) is 33.3 Å². The quantitative estimate of drug-likeness (QED) is 0.267. The number of guanidine groups is 1. The molecule has 1 aliphatic rings. The van der Waals surface area contributed by atoms with E-state index in [1.165, 1.54) is 21.5 Å². The van der Waals surface area contributed by atoms with Crippen LogP contribution < -0.4 is 11.1 Å². The Morgan fingerprint density at radius 2 is 1.86 bits per heavy atom. The molecule has 0 radical (unpaired) electrons. The van der Waals surface area contributed by atoms with E-state index >= 15 is 0 Å². The zero-order valence-electron chi connectivity index (χ0n) is 21.0. The van der Waals surface area contributed by atoms with E-state index in [-0.39, 0.29) is 32.2 Å². The van der Waals surface area contributed by atoms with E-state index < -0.39 is 21.7 Å². The van der Waals surface area contributed by atoms with Gasteiger partial charge >= 0.3 is 10.2 Å². The van der Waals surface area contributed by atoms with Crippen molar-refractivity contribution in [3.8, 4) is 0 Å². The van der Waals surface area contributed by atoms with Crippen molar-refractivity contribution >= 4 is 39.4 Å². The van der Waals surface area contributed by atoms with Crippen molar-refractivity contribution in [2.45, 2.75) is 19.4 Å². The number of benzene rings is 2. The minimum atomic E-state index is -3.96. The molecule has 12 heteroatoms. The van der Waals surface area contributed by atoms with Gasteiger partial charge in [-0.25, -0.2) is 5.01 Å². The first-order chi connectivity index (χ1) is 17.7. The van der Waals surface area contributed by atoms with Crippen LogP contribution in [-0.2, 0) is 25.3 Å². The van der Waals surface area contributed by atoms with Gasteiger partial charge in [0.05, 0.1) is 13.2 Å². The number of hydrogen-bond acceptors (Lipinski definition) is 5. The Morgan fingerprint density at radius 1 is 1.22 bits per heavy atom. The van der Waals surface area contributed by atoms with Gasteiger partial charge in [-0.15, -0.1) is 4.40 Å². The normalized spacial score (nSPS) is 18.5. The summed E-state index contributed by atoms with van der Waals surface area (Å²) < 4.78 is 37.6. The molecule has 2 aromatic carbocycles. The van der Waals surface area contributed by atoms with Gasteiger partial charge in [0.15, 0.2) is 5.60 Å². The highest BCUT2D eigenvalue weighted by molar-refractivity contribution is 7.87. The van der Waals surface area contributed by atoms with Crippen LogP contribution in [0.4, 0.5) is 0 Å². The van der Waals surface area contributed by atoms with Crippen molar-refractivity contribution < 1.29 is 17.9 Å². The maximum atomic E-state index is 12.9. The Labute approximate surface area is 222 Å². The smallest absolute Gasteiger partial charge is 0.325 e. The molecule has 10 nitrogen and oxygen atoms in total. The summed E-state index contributed by atoms with van der Waals surface area (Å²) in [6, 6.07) is 16.5. The average molecular weight is 547 g/mol. The summed E-state index contributed by atoms with van der Waals surface area (Å²) in [6.45, 7) is 4.20. The lowest BCUT2D eigenvalue weighted by Gasteiger charge is -2.31. The summed E-state index contributed by atoms with van der Waals surface area (Å²) in [7, 11) is -2.39. The third kappa shape index (κ3) is 6.55. The summed E-state index contributed by atoms with van der Waals surface area (Å²) >= 11 is 6.13. The van der Waals surface area contributed by atoms with Crippen molar-refractivity contribution in [3.63, 3.8) is 0 Å². The van der Waals surface area contributed by atoms with Crippen LogP contribution in [-0.4, -0.2) is 68.6 Å². The van der Waals surface area contributed by atoms with Gasteiger partial charge in [-0.3, -0.25) is 4.79 Å². The molecule has 0 bridgehead atoms. The van der Waals surface area contributed by atoms with Crippen LogP contribution in [0.15, 0.2) is 76.2 Å². The number of carbonyl (C=O) groups is 1. The molecule has 0 spiro atoms.